The molecular formula is C15H22ClF. The van der Waals surface area contributed by atoms with Crippen molar-refractivity contribution in [1.29, 1.82) is 0 Å². The van der Waals surface area contributed by atoms with Gasteiger partial charge in [0, 0.05) is 0 Å². The highest BCUT2D eigenvalue weighted by molar-refractivity contribution is 6.20. The molecule has 2 heteroatoms. The van der Waals surface area contributed by atoms with E-state index in [-0.39, 0.29) is 16.6 Å². The lowest BCUT2D eigenvalue weighted by molar-refractivity contribution is 0.245. The van der Waals surface area contributed by atoms with Crippen LogP contribution in [0.2, 0.25) is 0 Å². The van der Waals surface area contributed by atoms with Crippen LogP contribution in [0.15, 0.2) is 18.2 Å². The van der Waals surface area contributed by atoms with E-state index >= 15 is 0 Å². The Morgan fingerprint density at radius 2 is 1.88 bits per heavy atom. The first kappa shape index (κ1) is 14.5. The molecule has 0 aliphatic heterocycles. The second-order valence-electron chi connectivity index (χ2n) is 5.98. The lowest BCUT2D eigenvalue weighted by Crippen LogP contribution is -2.18. The zero-order valence-corrected chi connectivity index (χ0v) is 12.1. The van der Waals surface area contributed by atoms with Crippen LogP contribution < -0.4 is 0 Å². The number of hydrogen-bond acceptors (Lipinski definition) is 0. The van der Waals surface area contributed by atoms with Crippen LogP contribution in [0, 0.1) is 24.1 Å². The maximum atomic E-state index is 13.2. The van der Waals surface area contributed by atoms with Gasteiger partial charge in [-0.25, -0.2) is 4.39 Å². The van der Waals surface area contributed by atoms with E-state index in [1.54, 1.807) is 13.0 Å². The summed E-state index contributed by atoms with van der Waals surface area (Å²) in [5.41, 5.74) is 1.93. The molecule has 1 aromatic rings. The molecule has 0 fully saturated rings. The van der Waals surface area contributed by atoms with E-state index in [2.05, 4.69) is 27.7 Å². The zero-order valence-electron chi connectivity index (χ0n) is 11.3. The van der Waals surface area contributed by atoms with Crippen LogP contribution in [0.4, 0.5) is 4.39 Å². The van der Waals surface area contributed by atoms with Crippen molar-refractivity contribution in [2.24, 2.45) is 11.3 Å². The van der Waals surface area contributed by atoms with Crippen molar-refractivity contribution in [1.82, 2.24) is 0 Å². The third-order valence-corrected chi connectivity index (χ3v) is 4.01. The second-order valence-corrected chi connectivity index (χ2v) is 6.51. The predicted octanol–water partition coefficient (Wildman–Crippen LogP) is 5.49. The highest BCUT2D eigenvalue weighted by atomic mass is 35.5. The number of alkyl halides is 1. The van der Waals surface area contributed by atoms with Gasteiger partial charge >= 0.3 is 0 Å². The summed E-state index contributed by atoms with van der Waals surface area (Å²) in [6, 6.07) is 5.14. The molecular weight excluding hydrogens is 235 g/mol. The van der Waals surface area contributed by atoms with Crippen molar-refractivity contribution in [2.45, 2.75) is 46.4 Å². The molecule has 17 heavy (non-hydrogen) atoms. The molecule has 0 saturated carbocycles. The Balaban J connectivity index is 2.76. The summed E-state index contributed by atoms with van der Waals surface area (Å²) in [4.78, 5) is 0. The third-order valence-electron chi connectivity index (χ3n) is 3.58. The molecule has 0 amide bonds. The number of hydrogen-bond donors (Lipinski definition) is 0. The van der Waals surface area contributed by atoms with Crippen molar-refractivity contribution >= 4 is 11.6 Å². The van der Waals surface area contributed by atoms with E-state index in [0.29, 0.717) is 11.5 Å². The average molecular weight is 257 g/mol. The van der Waals surface area contributed by atoms with Crippen molar-refractivity contribution in [3.8, 4) is 0 Å². The van der Waals surface area contributed by atoms with Gasteiger partial charge in [-0.05, 0) is 41.9 Å². The maximum Gasteiger partial charge on any atom is 0.126 e. The van der Waals surface area contributed by atoms with Gasteiger partial charge in [0.2, 0.25) is 0 Å². The normalized spacial score (nSPS) is 15.7. The van der Waals surface area contributed by atoms with E-state index in [1.807, 2.05) is 6.07 Å². The molecule has 0 N–H and O–H groups in total. The predicted molar refractivity (Wildman–Crippen MR) is 73.0 cm³/mol. The Kier molecular flexibility index (Phi) is 4.60. The van der Waals surface area contributed by atoms with Crippen LogP contribution in [-0.4, -0.2) is 0 Å². The average Bonchev–Trinajstić information content (AvgIpc) is 2.20. The van der Waals surface area contributed by atoms with Gasteiger partial charge in [0.1, 0.15) is 5.82 Å². The molecule has 2 atom stereocenters. The molecule has 0 aliphatic rings. The summed E-state index contributed by atoms with van der Waals surface area (Å²) in [7, 11) is 0. The topological polar surface area (TPSA) is 0 Å². The quantitative estimate of drug-likeness (QED) is 0.628. The number of rotatable bonds is 3. The standard InChI is InChI=1S/C15H22ClF/c1-10-8-12(6-7-14(10)17)13(16)9-11(2)15(3,4)5/h6-8,11,13H,9H2,1-5H3. The van der Waals surface area contributed by atoms with Gasteiger partial charge in [-0.1, -0.05) is 39.8 Å². The van der Waals surface area contributed by atoms with Crippen molar-refractivity contribution in [3.05, 3.63) is 35.1 Å². The smallest absolute Gasteiger partial charge is 0.126 e. The molecule has 2 unspecified atom stereocenters. The minimum Gasteiger partial charge on any atom is -0.207 e. The van der Waals surface area contributed by atoms with Gasteiger partial charge in [-0.2, -0.15) is 0 Å². The number of benzene rings is 1. The van der Waals surface area contributed by atoms with Gasteiger partial charge < -0.3 is 0 Å². The Morgan fingerprint density at radius 3 is 2.35 bits per heavy atom. The van der Waals surface area contributed by atoms with Crippen LogP contribution in [0.1, 0.15) is 50.6 Å². The molecule has 0 aromatic heterocycles. The molecule has 0 nitrogen and oxygen atoms in total. The van der Waals surface area contributed by atoms with E-state index in [1.165, 1.54) is 6.07 Å². The maximum absolute atomic E-state index is 13.2. The van der Waals surface area contributed by atoms with Crippen molar-refractivity contribution in [3.63, 3.8) is 0 Å². The van der Waals surface area contributed by atoms with Crippen molar-refractivity contribution < 1.29 is 4.39 Å². The van der Waals surface area contributed by atoms with E-state index in [4.69, 9.17) is 11.6 Å². The van der Waals surface area contributed by atoms with E-state index in [0.717, 1.165) is 12.0 Å². The summed E-state index contributed by atoms with van der Waals surface area (Å²) in [5.74, 6) is 0.358. The van der Waals surface area contributed by atoms with Gasteiger partial charge in [-0.3, -0.25) is 0 Å². The minimum atomic E-state index is -0.165. The fourth-order valence-electron chi connectivity index (χ4n) is 1.66. The molecule has 1 aromatic carbocycles. The lowest BCUT2D eigenvalue weighted by atomic mass is 9.79. The zero-order chi connectivity index (χ0) is 13.2. The summed E-state index contributed by atoms with van der Waals surface area (Å²) in [6.45, 7) is 10.6. The van der Waals surface area contributed by atoms with E-state index < -0.39 is 0 Å². The first-order chi connectivity index (χ1) is 7.71. The Morgan fingerprint density at radius 1 is 1.29 bits per heavy atom. The van der Waals surface area contributed by atoms with Crippen LogP contribution in [0.25, 0.3) is 0 Å². The fourth-order valence-corrected chi connectivity index (χ4v) is 2.07. The fraction of sp³-hybridized carbons (Fsp3) is 0.600. The molecule has 0 aliphatic carbocycles. The summed E-state index contributed by atoms with van der Waals surface area (Å²) < 4.78 is 13.2. The lowest BCUT2D eigenvalue weighted by Gasteiger charge is -2.29. The van der Waals surface area contributed by atoms with Gasteiger partial charge in [0.15, 0.2) is 0 Å². The molecule has 0 spiro atoms. The van der Waals surface area contributed by atoms with E-state index in [9.17, 15) is 4.39 Å². The van der Waals surface area contributed by atoms with Gasteiger partial charge in [0.05, 0.1) is 5.38 Å². The van der Waals surface area contributed by atoms with Gasteiger partial charge in [0.25, 0.3) is 0 Å². The Labute approximate surface area is 109 Å². The summed E-state index contributed by atoms with van der Waals surface area (Å²) in [6.07, 6.45) is 0.913. The number of aryl methyl sites for hydroxylation is 1. The highest BCUT2D eigenvalue weighted by Gasteiger charge is 2.23. The summed E-state index contributed by atoms with van der Waals surface area (Å²) >= 11 is 6.41. The largest absolute Gasteiger partial charge is 0.207 e. The van der Waals surface area contributed by atoms with Gasteiger partial charge in [-0.15, -0.1) is 11.6 Å². The number of halogens is 2. The monoisotopic (exact) mass is 256 g/mol. The minimum absolute atomic E-state index is 0.0384. The Bertz CT molecular complexity index is 379. The second kappa shape index (κ2) is 5.39. The molecule has 96 valence electrons. The van der Waals surface area contributed by atoms with Crippen LogP contribution in [-0.2, 0) is 0 Å². The van der Waals surface area contributed by atoms with Crippen LogP contribution in [0.5, 0.6) is 0 Å². The molecule has 0 bridgehead atoms. The highest BCUT2D eigenvalue weighted by Crippen LogP contribution is 2.36. The SMILES string of the molecule is Cc1cc(C(Cl)CC(C)C(C)(C)C)ccc1F. The molecule has 1 rings (SSSR count). The molecule has 0 heterocycles. The Hall–Kier alpha value is -0.560. The van der Waals surface area contributed by atoms with Crippen LogP contribution >= 0.6 is 11.6 Å². The molecule has 0 saturated heterocycles. The third kappa shape index (κ3) is 3.99. The van der Waals surface area contributed by atoms with Crippen LogP contribution in [0.3, 0.4) is 0 Å². The summed E-state index contributed by atoms with van der Waals surface area (Å²) in [5, 5.41) is -0.0384. The first-order valence-corrected chi connectivity index (χ1v) is 6.55. The first-order valence-electron chi connectivity index (χ1n) is 6.12. The molecule has 0 radical (unpaired) electrons. The van der Waals surface area contributed by atoms with Crippen molar-refractivity contribution in [2.75, 3.05) is 0 Å².